The Hall–Kier alpha value is -0.870. The van der Waals surface area contributed by atoms with E-state index < -0.39 is 9.84 Å². The topological polar surface area (TPSA) is 46.2 Å². The van der Waals surface area contributed by atoms with Crippen molar-refractivity contribution in [2.75, 3.05) is 12.3 Å². The first-order valence-electron chi connectivity index (χ1n) is 5.76. The van der Waals surface area contributed by atoms with Gasteiger partial charge in [-0.15, -0.1) is 0 Å². The molecule has 0 amide bonds. The van der Waals surface area contributed by atoms with Crippen molar-refractivity contribution in [3.63, 3.8) is 0 Å². The van der Waals surface area contributed by atoms with Gasteiger partial charge in [-0.2, -0.15) is 0 Å². The number of rotatable bonds is 1. The van der Waals surface area contributed by atoms with E-state index >= 15 is 0 Å². The SMILES string of the molecule is O=S1(=O)CCc2c(C3CCCN3)cccc21. The summed E-state index contributed by atoms with van der Waals surface area (Å²) < 4.78 is 23.6. The Bertz CT molecular complexity index is 516. The molecule has 4 heteroatoms. The second kappa shape index (κ2) is 3.57. The third-order valence-electron chi connectivity index (χ3n) is 3.56. The molecule has 2 aliphatic rings. The molecule has 1 aromatic rings. The number of hydrogen-bond donors (Lipinski definition) is 1. The van der Waals surface area contributed by atoms with Crippen LogP contribution in [0.1, 0.15) is 30.0 Å². The van der Waals surface area contributed by atoms with Gasteiger partial charge in [0.25, 0.3) is 0 Å². The summed E-state index contributed by atoms with van der Waals surface area (Å²) in [7, 11) is -2.99. The molecule has 0 aliphatic carbocycles. The fraction of sp³-hybridized carbons (Fsp3) is 0.500. The van der Waals surface area contributed by atoms with Crippen LogP contribution in [-0.2, 0) is 16.3 Å². The third kappa shape index (κ3) is 1.48. The van der Waals surface area contributed by atoms with Crippen molar-refractivity contribution in [3.8, 4) is 0 Å². The second-order valence-corrected chi connectivity index (χ2v) is 6.62. The molecule has 0 spiro atoms. The van der Waals surface area contributed by atoms with Crippen LogP contribution in [0.2, 0.25) is 0 Å². The smallest absolute Gasteiger partial charge is 0.178 e. The van der Waals surface area contributed by atoms with Crippen molar-refractivity contribution < 1.29 is 8.42 Å². The van der Waals surface area contributed by atoms with Gasteiger partial charge in [0.1, 0.15) is 0 Å². The van der Waals surface area contributed by atoms with Crippen molar-refractivity contribution >= 4 is 9.84 Å². The van der Waals surface area contributed by atoms with Gasteiger partial charge in [-0.3, -0.25) is 0 Å². The lowest BCUT2D eigenvalue weighted by molar-refractivity contribution is 0.599. The van der Waals surface area contributed by atoms with Gasteiger partial charge in [-0.05, 0) is 43.0 Å². The molecule has 1 fully saturated rings. The van der Waals surface area contributed by atoms with Crippen LogP contribution in [-0.4, -0.2) is 20.7 Å². The Kier molecular flexibility index (Phi) is 2.30. The van der Waals surface area contributed by atoms with Gasteiger partial charge in [0.05, 0.1) is 10.6 Å². The predicted molar refractivity (Wildman–Crippen MR) is 62.2 cm³/mol. The van der Waals surface area contributed by atoms with E-state index in [4.69, 9.17) is 0 Å². The molecule has 1 saturated heterocycles. The average Bonchev–Trinajstić information content (AvgIpc) is 2.87. The van der Waals surface area contributed by atoms with Crippen LogP contribution in [0.5, 0.6) is 0 Å². The van der Waals surface area contributed by atoms with Crippen molar-refractivity contribution in [2.45, 2.75) is 30.2 Å². The van der Waals surface area contributed by atoms with E-state index in [9.17, 15) is 8.42 Å². The lowest BCUT2D eigenvalue weighted by atomic mass is 9.98. The average molecular weight is 237 g/mol. The van der Waals surface area contributed by atoms with Gasteiger partial charge in [0.2, 0.25) is 0 Å². The summed E-state index contributed by atoms with van der Waals surface area (Å²) in [5.74, 6) is 0.284. The molecule has 0 saturated carbocycles. The maximum Gasteiger partial charge on any atom is 0.178 e. The zero-order chi connectivity index (χ0) is 11.2. The minimum absolute atomic E-state index is 0.284. The minimum atomic E-state index is -2.99. The second-order valence-electron chi connectivity index (χ2n) is 4.54. The van der Waals surface area contributed by atoms with E-state index in [0.29, 0.717) is 17.4 Å². The highest BCUT2D eigenvalue weighted by Gasteiger charge is 2.30. The summed E-state index contributed by atoms with van der Waals surface area (Å²) in [6, 6.07) is 6.05. The first-order valence-corrected chi connectivity index (χ1v) is 7.42. The number of benzene rings is 1. The highest BCUT2D eigenvalue weighted by Crippen LogP contribution is 2.34. The van der Waals surface area contributed by atoms with Gasteiger partial charge in [0, 0.05) is 6.04 Å². The Balaban J connectivity index is 2.12. The van der Waals surface area contributed by atoms with Crippen molar-refractivity contribution in [1.29, 1.82) is 0 Å². The highest BCUT2D eigenvalue weighted by molar-refractivity contribution is 7.91. The number of sulfone groups is 1. The predicted octanol–water partition coefficient (Wildman–Crippen LogP) is 1.44. The fourth-order valence-electron chi connectivity index (χ4n) is 2.76. The van der Waals surface area contributed by atoms with E-state index in [1.807, 2.05) is 6.07 Å². The number of fused-ring (bicyclic) bond motifs is 1. The van der Waals surface area contributed by atoms with Crippen molar-refractivity contribution in [2.24, 2.45) is 0 Å². The van der Waals surface area contributed by atoms with Crippen LogP contribution in [0.15, 0.2) is 23.1 Å². The Morgan fingerprint density at radius 2 is 2.19 bits per heavy atom. The van der Waals surface area contributed by atoms with Gasteiger partial charge in [-0.1, -0.05) is 12.1 Å². The molecule has 86 valence electrons. The van der Waals surface area contributed by atoms with E-state index in [1.54, 1.807) is 6.07 Å². The molecule has 1 N–H and O–H groups in total. The molecule has 3 rings (SSSR count). The fourth-order valence-corrected chi connectivity index (χ4v) is 4.34. The molecule has 1 unspecified atom stereocenters. The summed E-state index contributed by atoms with van der Waals surface area (Å²) >= 11 is 0. The first kappa shape index (κ1) is 10.3. The molecule has 1 atom stereocenters. The van der Waals surface area contributed by atoms with Crippen LogP contribution in [0.3, 0.4) is 0 Å². The number of nitrogens with one attached hydrogen (secondary N) is 1. The Morgan fingerprint density at radius 3 is 2.94 bits per heavy atom. The molecule has 3 nitrogen and oxygen atoms in total. The quantitative estimate of drug-likeness (QED) is 0.804. The molecule has 16 heavy (non-hydrogen) atoms. The van der Waals surface area contributed by atoms with Crippen LogP contribution in [0, 0.1) is 0 Å². The van der Waals surface area contributed by atoms with E-state index in [2.05, 4.69) is 11.4 Å². The summed E-state index contributed by atoms with van der Waals surface area (Å²) in [6.07, 6.45) is 2.99. The van der Waals surface area contributed by atoms with Crippen molar-refractivity contribution in [3.05, 3.63) is 29.3 Å². The van der Waals surface area contributed by atoms with Gasteiger partial charge >= 0.3 is 0 Å². The molecule has 0 bridgehead atoms. The normalized spacial score (nSPS) is 26.9. The van der Waals surface area contributed by atoms with Crippen LogP contribution in [0.25, 0.3) is 0 Å². The molecule has 1 aromatic carbocycles. The molecular formula is C12H15NO2S. The maximum atomic E-state index is 11.8. The Labute approximate surface area is 95.8 Å². The lowest BCUT2D eigenvalue weighted by Crippen LogP contribution is -2.14. The summed E-state index contributed by atoms with van der Waals surface area (Å²) in [6.45, 7) is 1.04. The maximum absolute atomic E-state index is 11.8. The van der Waals surface area contributed by atoms with E-state index in [0.717, 1.165) is 18.5 Å². The standard InChI is InChI=1S/C12H15NO2S/c14-16(15)8-6-10-9(3-1-5-12(10)16)11-4-2-7-13-11/h1,3,5,11,13H,2,4,6-8H2. The lowest BCUT2D eigenvalue weighted by Gasteiger charge is -2.14. The molecule has 0 radical (unpaired) electrons. The highest BCUT2D eigenvalue weighted by atomic mass is 32.2. The largest absolute Gasteiger partial charge is 0.310 e. The monoisotopic (exact) mass is 237 g/mol. The molecule has 2 aliphatic heterocycles. The molecular weight excluding hydrogens is 222 g/mol. The summed E-state index contributed by atoms with van der Waals surface area (Å²) in [5, 5.41) is 3.44. The van der Waals surface area contributed by atoms with Crippen LogP contribution < -0.4 is 5.32 Å². The summed E-state index contributed by atoms with van der Waals surface area (Å²) in [5.41, 5.74) is 2.26. The van der Waals surface area contributed by atoms with E-state index in [-0.39, 0.29) is 5.75 Å². The molecule has 0 aromatic heterocycles. The first-order chi connectivity index (χ1) is 7.68. The van der Waals surface area contributed by atoms with E-state index in [1.165, 1.54) is 12.0 Å². The number of hydrogen-bond acceptors (Lipinski definition) is 3. The van der Waals surface area contributed by atoms with Crippen LogP contribution in [0.4, 0.5) is 0 Å². The minimum Gasteiger partial charge on any atom is -0.310 e. The van der Waals surface area contributed by atoms with Crippen LogP contribution >= 0.6 is 0 Å². The zero-order valence-corrected chi connectivity index (χ0v) is 9.89. The van der Waals surface area contributed by atoms with Crippen molar-refractivity contribution in [1.82, 2.24) is 5.32 Å². The molecule has 2 heterocycles. The van der Waals surface area contributed by atoms with Gasteiger partial charge in [-0.25, -0.2) is 8.42 Å². The third-order valence-corrected chi connectivity index (χ3v) is 5.36. The zero-order valence-electron chi connectivity index (χ0n) is 9.07. The Morgan fingerprint density at radius 1 is 1.31 bits per heavy atom. The van der Waals surface area contributed by atoms with Gasteiger partial charge in [0.15, 0.2) is 9.84 Å². The van der Waals surface area contributed by atoms with Gasteiger partial charge < -0.3 is 5.32 Å². The summed E-state index contributed by atoms with van der Waals surface area (Å²) in [4.78, 5) is 0.568.